The number of hydrogen-bond donors (Lipinski definition) is 1. The van der Waals surface area contributed by atoms with Crippen LogP contribution in [-0.4, -0.2) is 25.7 Å². The first-order valence-corrected chi connectivity index (χ1v) is 11.8. The monoisotopic (exact) mass is 465 g/mol. The van der Waals surface area contributed by atoms with Gasteiger partial charge in [0.1, 0.15) is 0 Å². The van der Waals surface area contributed by atoms with E-state index in [0.717, 1.165) is 28.5 Å². The van der Waals surface area contributed by atoms with Gasteiger partial charge in [-0.25, -0.2) is 0 Å². The van der Waals surface area contributed by atoms with Gasteiger partial charge < -0.3 is 4.57 Å². The molecule has 5 aromatic rings. The van der Waals surface area contributed by atoms with Gasteiger partial charge in [-0.2, -0.15) is 14.9 Å². The summed E-state index contributed by atoms with van der Waals surface area (Å²) in [5.74, 6) is 0.778. The van der Waals surface area contributed by atoms with Crippen LogP contribution in [0.5, 0.6) is 0 Å². The Morgan fingerprint density at radius 2 is 1.74 bits per heavy atom. The first-order chi connectivity index (χ1) is 16.4. The van der Waals surface area contributed by atoms with E-state index in [2.05, 4.69) is 109 Å². The standard InChI is InChI=1S/C28H27N5S/c1-18-12-13-25(14-19(18)2)32-20(3)15-24(21(32)4)17-29-33-27(30-31-28(33)34)16-23-10-7-9-22-8-5-6-11-26(22)23/h5-15,17H,16H2,1-4H3,(H,31,34)/b29-17-. The number of hydrogen-bond acceptors (Lipinski definition) is 3. The van der Waals surface area contributed by atoms with Crippen molar-refractivity contribution in [1.82, 2.24) is 19.4 Å². The number of aromatic nitrogens is 4. The van der Waals surface area contributed by atoms with E-state index >= 15 is 0 Å². The molecule has 0 amide bonds. The minimum atomic E-state index is 0.481. The van der Waals surface area contributed by atoms with Crippen molar-refractivity contribution in [3.63, 3.8) is 0 Å². The molecule has 0 aliphatic heterocycles. The van der Waals surface area contributed by atoms with Crippen LogP contribution in [0.2, 0.25) is 0 Å². The largest absolute Gasteiger partial charge is 0.318 e. The molecule has 0 spiro atoms. The second-order valence-electron chi connectivity index (χ2n) is 8.75. The van der Waals surface area contributed by atoms with Crippen LogP contribution in [0, 0.1) is 32.5 Å². The summed E-state index contributed by atoms with van der Waals surface area (Å²) >= 11 is 5.49. The topological polar surface area (TPSA) is 50.9 Å². The summed E-state index contributed by atoms with van der Waals surface area (Å²) in [6, 6.07) is 23.4. The maximum atomic E-state index is 5.49. The predicted octanol–water partition coefficient (Wildman–Crippen LogP) is 6.59. The normalized spacial score (nSPS) is 11.6. The maximum absolute atomic E-state index is 5.49. The Kier molecular flexibility index (Phi) is 5.75. The van der Waals surface area contributed by atoms with Gasteiger partial charge in [0, 0.05) is 29.1 Å². The summed E-state index contributed by atoms with van der Waals surface area (Å²) < 4.78 is 4.47. The lowest BCUT2D eigenvalue weighted by molar-refractivity contribution is 0.793. The van der Waals surface area contributed by atoms with Crippen molar-refractivity contribution in [2.75, 3.05) is 0 Å². The van der Waals surface area contributed by atoms with E-state index in [4.69, 9.17) is 17.3 Å². The fraction of sp³-hybridized carbons (Fsp3) is 0.179. The highest BCUT2D eigenvalue weighted by atomic mass is 32.1. The molecular formula is C28H27N5S. The molecule has 0 fully saturated rings. The van der Waals surface area contributed by atoms with Crippen LogP contribution in [-0.2, 0) is 6.42 Å². The van der Waals surface area contributed by atoms with Crippen molar-refractivity contribution in [3.05, 3.63) is 111 Å². The fourth-order valence-corrected chi connectivity index (χ4v) is 4.67. The molecule has 5 nitrogen and oxygen atoms in total. The van der Waals surface area contributed by atoms with Crippen molar-refractivity contribution in [2.24, 2.45) is 5.10 Å². The molecule has 170 valence electrons. The first-order valence-electron chi connectivity index (χ1n) is 11.4. The molecule has 0 saturated carbocycles. The first kappa shape index (κ1) is 22.0. The van der Waals surface area contributed by atoms with E-state index in [1.54, 1.807) is 4.68 Å². The van der Waals surface area contributed by atoms with Crippen molar-refractivity contribution in [2.45, 2.75) is 34.1 Å². The molecule has 2 heterocycles. The van der Waals surface area contributed by atoms with E-state index in [1.165, 1.54) is 27.5 Å². The Bertz CT molecular complexity index is 1590. The second kappa shape index (κ2) is 8.88. The van der Waals surface area contributed by atoms with Gasteiger partial charge in [-0.3, -0.25) is 5.10 Å². The maximum Gasteiger partial charge on any atom is 0.216 e. The molecule has 0 aliphatic carbocycles. The van der Waals surface area contributed by atoms with Crippen LogP contribution >= 0.6 is 12.2 Å². The third-order valence-electron chi connectivity index (χ3n) is 6.48. The molecule has 0 aliphatic rings. The van der Waals surface area contributed by atoms with Gasteiger partial charge in [0.2, 0.25) is 4.77 Å². The van der Waals surface area contributed by atoms with Gasteiger partial charge in [0.05, 0.1) is 6.21 Å². The molecule has 0 bridgehead atoms. The number of H-pyrrole nitrogens is 1. The number of benzene rings is 3. The van der Waals surface area contributed by atoms with Crippen LogP contribution in [0.4, 0.5) is 0 Å². The molecule has 34 heavy (non-hydrogen) atoms. The van der Waals surface area contributed by atoms with E-state index < -0.39 is 0 Å². The number of nitrogens with zero attached hydrogens (tertiary/aromatic N) is 4. The molecule has 2 aromatic heterocycles. The predicted molar refractivity (Wildman–Crippen MR) is 142 cm³/mol. The third-order valence-corrected chi connectivity index (χ3v) is 6.74. The zero-order valence-electron chi connectivity index (χ0n) is 19.8. The Balaban J connectivity index is 1.49. The Morgan fingerprint density at radius 3 is 2.56 bits per heavy atom. The number of rotatable bonds is 5. The molecule has 1 N–H and O–H groups in total. The summed E-state index contributed by atoms with van der Waals surface area (Å²) in [5, 5.41) is 14.5. The fourth-order valence-electron chi connectivity index (χ4n) is 4.48. The van der Waals surface area contributed by atoms with Gasteiger partial charge in [0.15, 0.2) is 5.82 Å². The molecule has 0 atom stereocenters. The Hall–Kier alpha value is -3.77. The Morgan fingerprint density at radius 1 is 0.941 bits per heavy atom. The minimum absolute atomic E-state index is 0.481. The lowest BCUT2D eigenvalue weighted by atomic mass is 10.0. The average Bonchev–Trinajstić information content (AvgIpc) is 3.32. The zero-order valence-corrected chi connectivity index (χ0v) is 20.6. The van der Waals surface area contributed by atoms with Crippen molar-refractivity contribution in [3.8, 4) is 5.69 Å². The highest BCUT2D eigenvalue weighted by Gasteiger charge is 2.12. The highest BCUT2D eigenvalue weighted by Crippen LogP contribution is 2.23. The van der Waals surface area contributed by atoms with E-state index in [-0.39, 0.29) is 0 Å². The summed E-state index contributed by atoms with van der Waals surface area (Å²) in [7, 11) is 0. The minimum Gasteiger partial charge on any atom is -0.318 e. The average molecular weight is 466 g/mol. The van der Waals surface area contributed by atoms with Crippen LogP contribution in [0.15, 0.2) is 71.8 Å². The number of aryl methyl sites for hydroxylation is 3. The summed E-state index contributed by atoms with van der Waals surface area (Å²) in [4.78, 5) is 0. The molecule has 0 saturated heterocycles. The molecular weight excluding hydrogens is 438 g/mol. The van der Waals surface area contributed by atoms with Gasteiger partial charge in [0.25, 0.3) is 0 Å². The van der Waals surface area contributed by atoms with Crippen LogP contribution in [0.25, 0.3) is 16.5 Å². The lowest BCUT2D eigenvalue weighted by Gasteiger charge is -2.11. The van der Waals surface area contributed by atoms with Crippen molar-refractivity contribution < 1.29 is 0 Å². The summed E-state index contributed by atoms with van der Waals surface area (Å²) in [6.45, 7) is 8.52. The quantitative estimate of drug-likeness (QED) is 0.235. The van der Waals surface area contributed by atoms with E-state index in [9.17, 15) is 0 Å². The Labute approximate surface area is 204 Å². The van der Waals surface area contributed by atoms with E-state index in [1.807, 2.05) is 6.21 Å². The van der Waals surface area contributed by atoms with Crippen LogP contribution in [0.3, 0.4) is 0 Å². The van der Waals surface area contributed by atoms with Gasteiger partial charge >= 0.3 is 0 Å². The summed E-state index contributed by atoms with van der Waals surface area (Å²) in [6.07, 6.45) is 2.51. The summed E-state index contributed by atoms with van der Waals surface area (Å²) in [5.41, 5.74) is 8.27. The number of fused-ring (bicyclic) bond motifs is 1. The van der Waals surface area contributed by atoms with Crippen molar-refractivity contribution >= 4 is 29.2 Å². The number of aromatic amines is 1. The lowest BCUT2D eigenvalue weighted by Crippen LogP contribution is -2.02. The highest BCUT2D eigenvalue weighted by molar-refractivity contribution is 7.71. The van der Waals surface area contributed by atoms with E-state index in [0.29, 0.717) is 11.2 Å². The molecule has 6 heteroatoms. The molecule has 0 radical (unpaired) electrons. The van der Waals surface area contributed by atoms with Gasteiger partial charge in [-0.15, -0.1) is 0 Å². The van der Waals surface area contributed by atoms with Crippen LogP contribution < -0.4 is 0 Å². The number of nitrogens with one attached hydrogen (secondary N) is 1. The smallest absolute Gasteiger partial charge is 0.216 e. The zero-order chi connectivity index (χ0) is 23.8. The SMILES string of the molecule is Cc1ccc(-n2c(C)cc(/C=N\n3c(Cc4cccc5ccccc45)n[nH]c3=S)c2C)cc1C. The van der Waals surface area contributed by atoms with Crippen molar-refractivity contribution in [1.29, 1.82) is 0 Å². The second-order valence-corrected chi connectivity index (χ2v) is 9.13. The van der Waals surface area contributed by atoms with Gasteiger partial charge in [-0.1, -0.05) is 48.5 Å². The van der Waals surface area contributed by atoms with Crippen LogP contribution in [0.1, 0.15) is 39.5 Å². The third kappa shape index (κ3) is 4.01. The molecule has 0 unspecified atom stereocenters. The molecule has 5 rings (SSSR count). The van der Waals surface area contributed by atoms with Gasteiger partial charge in [-0.05, 0) is 85.6 Å². The molecule has 3 aromatic carbocycles.